The van der Waals surface area contributed by atoms with Gasteiger partial charge in [-0.2, -0.15) is 0 Å². The molecule has 5 rings (SSSR count). The van der Waals surface area contributed by atoms with Crippen LogP contribution in [0.2, 0.25) is 0 Å². The maximum atomic E-state index is 13.0. The second-order valence-corrected chi connectivity index (χ2v) is 19.1. The van der Waals surface area contributed by atoms with Crippen molar-refractivity contribution >= 4 is 15.6 Å². The minimum absolute atomic E-state index is 0.0329. The van der Waals surface area contributed by atoms with Gasteiger partial charge in [0, 0.05) is 6.42 Å². The lowest BCUT2D eigenvalue weighted by Gasteiger charge is -2.65. The first-order chi connectivity index (χ1) is 20.9. The van der Waals surface area contributed by atoms with E-state index in [9.17, 15) is 28.5 Å². The number of hydrogen-bond donors (Lipinski definition) is 3. The van der Waals surface area contributed by atoms with Crippen LogP contribution in [0.4, 0.5) is 0 Å². The van der Waals surface area contributed by atoms with Gasteiger partial charge in [-0.1, -0.05) is 73.4 Å². The molecule has 3 N–H and O–H groups in total. The van der Waals surface area contributed by atoms with E-state index in [4.69, 9.17) is 0 Å². The fraction of sp³-hybridized carbons (Fsp3) is 0.816. The summed E-state index contributed by atoms with van der Waals surface area (Å²) in [5, 5.41) is 34.4. The van der Waals surface area contributed by atoms with Gasteiger partial charge in [0.2, 0.25) is 0 Å². The van der Waals surface area contributed by atoms with Gasteiger partial charge in [-0.25, -0.2) is 8.42 Å². The highest BCUT2D eigenvalue weighted by atomic mass is 32.2. The second kappa shape index (κ2) is 12.6. The first-order valence-corrected chi connectivity index (χ1v) is 19.5. The first kappa shape index (κ1) is 35.0. The van der Waals surface area contributed by atoms with Crippen molar-refractivity contribution in [1.29, 1.82) is 0 Å². The molecule has 0 aromatic heterocycles. The van der Waals surface area contributed by atoms with Crippen molar-refractivity contribution in [2.45, 2.75) is 141 Å². The number of sulfone groups is 1. The van der Waals surface area contributed by atoms with Crippen LogP contribution in [0.1, 0.15) is 118 Å². The van der Waals surface area contributed by atoms with Crippen LogP contribution in [-0.2, 0) is 20.0 Å². The number of hydrogen-bond acceptors (Lipinski definition) is 6. The van der Waals surface area contributed by atoms with Crippen molar-refractivity contribution in [3.63, 3.8) is 0 Å². The fourth-order valence-corrected chi connectivity index (χ4v) is 12.5. The van der Waals surface area contributed by atoms with Gasteiger partial charge in [-0.3, -0.25) is 4.79 Å². The van der Waals surface area contributed by atoms with Crippen LogP contribution >= 0.6 is 0 Å². The minimum atomic E-state index is -3.68. The Labute approximate surface area is 272 Å². The van der Waals surface area contributed by atoms with Crippen LogP contribution < -0.4 is 0 Å². The largest absolute Gasteiger partial charge is 0.393 e. The van der Waals surface area contributed by atoms with Crippen molar-refractivity contribution in [1.82, 2.24) is 0 Å². The monoisotopic (exact) mass is 644 g/mol. The van der Waals surface area contributed by atoms with E-state index >= 15 is 0 Å². The standard InChI is InChI=1S/C38H60O6S/c1-8-28-31-20-25(39)18-19-37(31,6)32-21-33(41)38(7)29(16-17-30(38)34(32)35(28)42)23(2)10-9-11-26(40)22-45(43,44)27-14-12-24(13-15-27)36(3,4)5/h12-15,23,25,28-35,39,41-42H,8-11,16-22H2,1-7H3/t23-,25-,28-,29-,30+,31+,32+,33-,34+,35-,37+,38-/m1/s1. The zero-order valence-electron chi connectivity index (χ0n) is 28.8. The van der Waals surface area contributed by atoms with E-state index < -0.39 is 27.8 Å². The summed E-state index contributed by atoms with van der Waals surface area (Å²) in [6.45, 7) is 15.3. The number of aliphatic hydroxyl groups is 3. The molecule has 0 radical (unpaired) electrons. The first-order valence-electron chi connectivity index (χ1n) is 17.8. The van der Waals surface area contributed by atoms with Crippen molar-refractivity contribution in [2.24, 2.45) is 52.3 Å². The summed E-state index contributed by atoms with van der Waals surface area (Å²) in [7, 11) is -3.68. The smallest absolute Gasteiger partial charge is 0.185 e. The van der Waals surface area contributed by atoms with E-state index in [-0.39, 0.29) is 69.0 Å². The number of benzene rings is 1. The molecule has 45 heavy (non-hydrogen) atoms. The summed E-state index contributed by atoms with van der Waals surface area (Å²) in [6, 6.07) is 6.91. The highest BCUT2D eigenvalue weighted by molar-refractivity contribution is 7.92. The highest BCUT2D eigenvalue weighted by Crippen LogP contribution is 2.69. The molecule has 0 saturated heterocycles. The van der Waals surface area contributed by atoms with Gasteiger partial charge in [0.1, 0.15) is 11.5 Å². The molecule has 0 heterocycles. The van der Waals surface area contributed by atoms with Crippen LogP contribution in [0.5, 0.6) is 0 Å². The third-order valence-corrected chi connectivity index (χ3v) is 15.5. The second-order valence-electron chi connectivity index (χ2n) is 17.1. The lowest BCUT2D eigenvalue weighted by atomic mass is 9.41. The van der Waals surface area contributed by atoms with Gasteiger partial charge in [-0.05, 0) is 120 Å². The molecule has 7 heteroatoms. The molecule has 6 nitrogen and oxygen atoms in total. The Morgan fingerprint density at radius 2 is 1.64 bits per heavy atom. The molecule has 4 aliphatic carbocycles. The van der Waals surface area contributed by atoms with Crippen molar-refractivity contribution < 1.29 is 28.5 Å². The Morgan fingerprint density at radius 1 is 0.978 bits per heavy atom. The number of aliphatic hydroxyl groups excluding tert-OH is 3. The number of fused-ring (bicyclic) bond motifs is 5. The Bertz CT molecular complexity index is 1320. The Kier molecular flexibility index (Phi) is 9.84. The molecular formula is C38H60O6S. The van der Waals surface area contributed by atoms with E-state index in [1.165, 1.54) is 0 Å². The third kappa shape index (κ3) is 6.22. The topological polar surface area (TPSA) is 112 Å². The number of carbonyl (C=O) groups excluding carboxylic acids is 1. The molecule has 1 aromatic carbocycles. The fourth-order valence-electron chi connectivity index (χ4n) is 11.2. The van der Waals surface area contributed by atoms with Gasteiger partial charge in [-0.15, -0.1) is 0 Å². The molecule has 4 aliphatic rings. The van der Waals surface area contributed by atoms with Crippen LogP contribution in [0, 0.1) is 52.3 Å². The van der Waals surface area contributed by atoms with Crippen LogP contribution in [0.15, 0.2) is 29.2 Å². The van der Waals surface area contributed by atoms with Gasteiger partial charge in [0.05, 0.1) is 23.2 Å². The maximum Gasteiger partial charge on any atom is 0.185 e. The molecule has 0 aliphatic heterocycles. The number of ketones is 1. The van der Waals surface area contributed by atoms with E-state index in [0.29, 0.717) is 24.7 Å². The average Bonchev–Trinajstić information content (AvgIpc) is 3.32. The molecule has 12 atom stereocenters. The summed E-state index contributed by atoms with van der Waals surface area (Å²) in [6.07, 6.45) is 6.74. The zero-order valence-corrected chi connectivity index (χ0v) is 29.7. The van der Waals surface area contributed by atoms with E-state index in [1.807, 2.05) is 12.1 Å². The third-order valence-electron chi connectivity index (χ3n) is 13.8. The number of Topliss-reactive ketones (excluding diaryl/α,β-unsaturated/α-hetero) is 1. The van der Waals surface area contributed by atoms with Crippen molar-refractivity contribution in [3.8, 4) is 0 Å². The predicted octanol–water partition coefficient (Wildman–Crippen LogP) is 6.73. The minimum Gasteiger partial charge on any atom is -0.393 e. The van der Waals surface area contributed by atoms with Crippen LogP contribution in [-0.4, -0.2) is 53.6 Å². The normalized spacial score (nSPS) is 40.7. The Morgan fingerprint density at radius 3 is 2.27 bits per heavy atom. The lowest BCUT2D eigenvalue weighted by molar-refractivity contribution is -0.228. The SMILES string of the molecule is CC[C@H]1[C@@H](O)[C@@H]2[C@H](C[C@@H](O)[C@]3(C)[C@@H]([C@H](C)CCCC(=O)CS(=O)(=O)c4ccc(C(C)(C)C)cc4)CC[C@@H]23)[C@@]2(C)CC[C@@H](O)C[C@@H]12. The summed E-state index contributed by atoms with van der Waals surface area (Å²) in [5.74, 6) is 1.04. The summed E-state index contributed by atoms with van der Waals surface area (Å²) >= 11 is 0. The van der Waals surface area contributed by atoms with Crippen molar-refractivity contribution in [3.05, 3.63) is 29.8 Å². The zero-order chi connectivity index (χ0) is 33.1. The molecule has 0 unspecified atom stereocenters. The summed E-state index contributed by atoms with van der Waals surface area (Å²) in [5.41, 5.74) is 0.726. The molecule has 254 valence electrons. The van der Waals surface area contributed by atoms with E-state index in [1.54, 1.807) is 12.1 Å². The molecule has 0 spiro atoms. The van der Waals surface area contributed by atoms with Gasteiger partial charge >= 0.3 is 0 Å². The maximum absolute atomic E-state index is 13.0. The molecule has 0 amide bonds. The number of carbonyl (C=O) groups is 1. The quantitative estimate of drug-likeness (QED) is 0.275. The van der Waals surface area contributed by atoms with Crippen molar-refractivity contribution in [2.75, 3.05) is 5.75 Å². The Hall–Kier alpha value is -1.28. The summed E-state index contributed by atoms with van der Waals surface area (Å²) in [4.78, 5) is 13.1. The van der Waals surface area contributed by atoms with Crippen LogP contribution in [0.25, 0.3) is 0 Å². The lowest BCUT2D eigenvalue weighted by Crippen LogP contribution is -2.65. The van der Waals surface area contributed by atoms with Crippen LogP contribution in [0.3, 0.4) is 0 Å². The predicted molar refractivity (Wildman–Crippen MR) is 178 cm³/mol. The molecule has 1 aromatic rings. The van der Waals surface area contributed by atoms with E-state index in [0.717, 1.165) is 50.5 Å². The van der Waals surface area contributed by atoms with Gasteiger partial charge in [0.25, 0.3) is 0 Å². The molecular weight excluding hydrogens is 584 g/mol. The average molecular weight is 645 g/mol. The Balaban J connectivity index is 1.22. The molecule has 4 fully saturated rings. The van der Waals surface area contributed by atoms with Gasteiger partial charge < -0.3 is 15.3 Å². The van der Waals surface area contributed by atoms with E-state index in [2.05, 4.69) is 48.5 Å². The molecule has 4 saturated carbocycles. The number of rotatable bonds is 9. The highest BCUT2D eigenvalue weighted by Gasteiger charge is 2.67. The van der Waals surface area contributed by atoms with Gasteiger partial charge in [0.15, 0.2) is 9.84 Å². The summed E-state index contributed by atoms with van der Waals surface area (Å²) < 4.78 is 26.0. The molecule has 0 bridgehead atoms.